The van der Waals surface area contributed by atoms with E-state index in [0.717, 1.165) is 30.5 Å². The van der Waals surface area contributed by atoms with E-state index in [1.165, 1.54) is 12.1 Å². The van der Waals surface area contributed by atoms with Gasteiger partial charge >= 0.3 is 0 Å². The molecule has 1 fully saturated rings. The van der Waals surface area contributed by atoms with Crippen molar-refractivity contribution in [3.63, 3.8) is 0 Å². The topological polar surface area (TPSA) is 32.3 Å². The Morgan fingerprint density at radius 1 is 1.40 bits per heavy atom. The third-order valence-electron chi connectivity index (χ3n) is 3.02. The zero-order valence-electron chi connectivity index (χ0n) is 8.83. The molecule has 15 heavy (non-hydrogen) atoms. The van der Waals surface area contributed by atoms with Crippen LogP contribution in [0.15, 0.2) is 18.2 Å². The number of aryl methyl sites for hydroxylation is 1. The molecule has 0 aliphatic heterocycles. The number of hydrogen-bond donors (Lipinski definition) is 2. The Kier molecular flexibility index (Phi) is 2.91. The highest BCUT2D eigenvalue weighted by molar-refractivity contribution is 5.51. The van der Waals surface area contributed by atoms with Gasteiger partial charge in [-0.1, -0.05) is 6.07 Å². The number of anilines is 1. The summed E-state index contributed by atoms with van der Waals surface area (Å²) in [7, 11) is 0. The SMILES string of the molecule is Cc1ccc(F)cc1NC1CCCC1O. The fourth-order valence-electron chi connectivity index (χ4n) is 2.06. The van der Waals surface area contributed by atoms with Crippen molar-refractivity contribution in [1.82, 2.24) is 0 Å². The van der Waals surface area contributed by atoms with Crippen LogP contribution in [-0.2, 0) is 0 Å². The van der Waals surface area contributed by atoms with Crippen molar-refractivity contribution in [2.45, 2.75) is 38.3 Å². The minimum atomic E-state index is -0.298. The molecule has 0 amide bonds. The maximum absolute atomic E-state index is 13.0. The molecule has 2 atom stereocenters. The molecule has 0 spiro atoms. The van der Waals surface area contributed by atoms with Crippen LogP contribution in [0.5, 0.6) is 0 Å². The van der Waals surface area contributed by atoms with Crippen LogP contribution in [0.1, 0.15) is 24.8 Å². The van der Waals surface area contributed by atoms with Crippen molar-refractivity contribution in [2.24, 2.45) is 0 Å². The minimum absolute atomic E-state index is 0.0745. The lowest BCUT2D eigenvalue weighted by atomic mass is 10.1. The predicted octanol–water partition coefficient (Wildman–Crippen LogP) is 2.46. The van der Waals surface area contributed by atoms with Gasteiger partial charge in [-0.3, -0.25) is 0 Å². The van der Waals surface area contributed by atoms with E-state index >= 15 is 0 Å². The molecule has 1 aromatic rings. The van der Waals surface area contributed by atoms with E-state index in [2.05, 4.69) is 5.32 Å². The number of nitrogens with one attached hydrogen (secondary N) is 1. The Bertz CT molecular complexity index is 353. The second-order valence-corrected chi connectivity index (χ2v) is 4.21. The fraction of sp³-hybridized carbons (Fsp3) is 0.500. The third-order valence-corrected chi connectivity index (χ3v) is 3.02. The molecule has 1 aliphatic carbocycles. The van der Waals surface area contributed by atoms with Crippen molar-refractivity contribution >= 4 is 5.69 Å². The van der Waals surface area contributed by atoms with Gasteiger partial charge in [0.05, 0.1) is 12.1 Å². The molecule has 0 bridgehead atoms. The van der Waals surface area contributed by atoms with Gasteiger partial charge in [0, 0.05) is 5.69 Å². The summed E-state index contributed by atoms with van der Waals surface area (Å²) in [4.78, 5) is 0. The van der Waals surface area contributed by atoms with Crippen molar-refractivity contribution in [2.75, 3.05) is 5.32 Å². The first-order valence-corrected chi connectivity index (χ1v) is 5.37. The van der Waals surface area contributed by atoms with Crippen molar-refractivity contribution in [3.8, 4) is 0 Å². The maximum Gasteiger partial charge on any atom is 0.125 e. The van der Waals surface area contributed by atoms with E-state index in [1.54, 1.807) is 6.07 Å². The number of benzene rings is 1. The smallest absolute Gasteiger partial charge is 0.125 e. The first-order valence-electron chi connectivity index (χ1n) is 5.37. The lowest BCUT2D eigenvalue weighted by Gasteiger charge is -2.19. The lowest BCUT2D eigenvalue weighted by Crippen LogP contribution is -2.28. The summed E-state index contributed by atoms with van der Waals surface area (Å²) in [5.41, 5.74) is 1.80. The van der Waals surface area contributed by atoms with Crippen LogP contribution in [0.25, 0.3) is 0 Å². The molecule has 2 rings (SSSR count). The Labute approximate surface area is 89.1 Å². The summed E-state index contributed by atoms with van der Waals surface area (Å²) < 4.78 is 13.0. The second-order valence-electron chi connectivity index (χ2n) is 4.21. The molecule has 1 saturated carbocycles. The highest BCUT2D eigenvalue weighted by Crippen LogP contribution is 2.25. The van der Waals surface area contributed by atoms with Gasteiger partial charge in [0.25, 0.3) is 0 Å². The van der Waals surface area contributed by atoms with Crippen LogP contribution in [0.4, 0.5) is 10.1 Å². The highest BCUT2D eigenvalue weighted by Gasteiger charge is 2.25. The fourth-order valence-corrected chi connectivity index (χ4v) is 2.06. The zero-order chi connectivity index (χ0) is 10.8. The second kappa shape index (κ2) is 4.19. The Morgan fingerprint density at radius 2 is 2.20 bits per heavy atom. The molecule has 2 N–H and O–H groups in total. The van der Waals surface area contributed by atoms with E-state index in [4.69, 9.17) is 0 Å². The van der Waals surface area contributed by atoms with E-state index < -0.39 is 0 Å². The summed E-state index contributed by atoms with van der Waals surface area (Å²) in [6.45, 7) is 1.93. The number of halogens is 1. The maximum atomic E-state index is 13.0. The minimum Gasteiger partial charge on any atom is -0.391 e. The van der Waals surface area contributed by atoms with Crippen molar-refractivity contribution in [3.05, 3.63) is 29.6 Å². The summed E-state index contributed by atoms with van der Waals surface area (Å²) in [5, 5.41) is 12.9. The largest absolute Gasteiger partial charge is 0.391 e. The van der Waals surface area contributed by atoms with Gasteiger partial charge in [0.2, 0.25) is 0 Å². The van der Waals surface area contributed by atoms with E-state index in [0.29, 0.717) is 0 Å². The van der Waals surface area contributed by atoms with E-state index in [9.17, 15) is 9.50 Å². The molecule has 0 saturated heterocycles. The number of aliphatic hydroxyl groups excluding tert-OH is 1. The van der Waals surface area contributed by atoms with Crippen LogP contribution in [-0.4, -0.2) is 17.3 Å². The molecule has 1 aliphatic rings. The molecule has 0 radical (unpaired) electrons. The molecule has 2 nitrogen and oxygen atoms in total. The summed E-state index contributed by atoms with van der Waals surface area (Å²) in [6.07, 6.45) is 2.53. The molecule has 82 valence electrons. The predicted molar refractivity (Wildman–Crippen MR) is 58.4 cm³/mol. The van der Waals surface area contributed by atoms with Gasteiger partial charge in [-0.05, 0) is 43.9 Å². The number of rotatable bonds is 2. The van der Waals surface area contributed by atoms with Gasteiger partial charge in [0.15, 0.2) is 0 Å². The summed E-state index contributed by atoms with van der Waals surface area (Å²) in [6, 6.07) is 4.76. The molecule has 1 aromatic carbocycles. The Hall–Kier alpha value is -1.09. The van der Waals surface area contributed by atoms with Crippen LogP contribution in [0.3, 0.4) is 0 Å². The van der Waals surface area contributed by atoms with Gasteiger partial charge in [-0.15, -0.1) is 0 Å². The van der Waals surface area contributed by atoms with Crippen molar-refractivity contribution in [1.29, 1.82) is 0 Å². The molecule has 3 heteroatoms. The monoisotopic (exact) mass is 209 g/mol. The van der Waals surface area contributed by atoms with Crippen LogP contribution < -0.4 is 5.32 Å². The molecule has 2 unspecified atom stereocenters. The highest BCUT2D eigenvalue weighted by atomic mass is 19.1. The number of aliphatic hydroxyl groups is 1. The quantitative estimate of drug-likeness (QED) is 0.784. The third kappa shape index (κ3) is 2.29. The van der Waals surface area contributed by atoms with Gasteiger partial charge < -0.3 is 10.4 Å². The first kappa shape index (κ1) is 10.4. The van der Waals surface area contributed by atoms with Crippen LogP contribution >= 0.6 is 0 Å². The average molecular weight is 209 g/mol. The van der Waals surface area contributed by atoms with Crippen LogP contribution in [0, 0.1) is 12.7 Å². The Morgan fingerprint density at radius 3 is 2.87 bits per heavy atom. The standard InChI is InChI=1S/C12H16FNO/c1-8-5-6-9(13)7-11(8)14-10-3-2-4-12(10)15/h5-7,10,12,14-15H,2-4H2,1H3. The average Bonchev–Trinajstić information content (AvgIpc) is 2.58. The zero-order valence-corrected chi connectivity index (χ0v) is 8.83. The summed E-state index contributed by atoms with van der Waals surface area (Å²) >= 11 is 0. The van der Waals surface area contributed by atoms with E-state index in [1.807, 2.05) is 6.92 Å². The molecule has 0 heterocycles. The normalized spacial score (nSPS) is 25.5. The summed E-state index contributed by atoms with van der Waals surface area (Å²) in [5.74, 6) is -0.240. The first-order chi connectivity index (χ1) is 7.16. The van der Waals surface area contributed by atoms with Gasteiger partial charge in [-0.25, -0.2) is 4.39 Å². The van der Waals surface area contributed by atoms with Crippen molar-refractivity contribution < 1.29 is 9.50 Å². The van der Waals surface area contributed by atoms with E-state index in [-0.39, 0.29) is 18.0 Å². The lowest BCUT2D eigenvalue weighted by molar-refractivity contribution is 0.172. The van der Waals surface area contributed by atoms with Gasteiger partial charge in [-0.2, -0.15) is 0 Å². The molecule has 0 aromatic heterocycles. The molecular formula is C12H16FNO. The molecular weight excluding hydrogens is 193 g/mol. The van der Waals surface area contributed by atoms with Crippen LogP contribution in [0.2, 0.25) is 0 Å². The number of hydrogen-bond acceptors (Lipinski definition) is 2. The Balaban J connectivity index is 2.12. The van der Waals surface area contributed by atoms with Gasteiger partial charge in [0.1, 0.15) is 5.82 Å².